The summed E-state index contributed by atoms with van der Waals surface area (Å²) in [4.78, 5) is 3.90. The summed E-state index contributed by atoms with van der Waals surface area (Å²) in [6.45, 7) is 9.94. The smallest absolute Gasteiger partial charge is 0.0592 e. The van der Waals surface area contributed by atoms with Gasteiger partial charge in [0.15, 0.2) is 0 Å². The summed E-state index contributed by atoms with van der Waals surface area (Å²) in [5.74, 6) is 0. The SMILES string of the molecule is CCCN(C(C)C)C(c1cccs1)C(C)N. The van der Waals surface area contributed by atoms with Gasteiger partial charge in [0.1, 0.15) is 0 Å². The first-order valence-corrected chi connectivity index (χ1v) is 7.00. The van der Waals surface area contributed by atoms with Gasteiger partial charge in [-0.05, 0) is 45.2 Å². The number of nitrogens with zero attached hydrogens (tertiary/aromatic N) is 1. The summed E-state index contributed by atoms with van der Waals surface area (Å²) in [7, 11) is 0. The average Bonchev–Trinajstić information content (AvgIpc) is 2.69. The van der Waals surface area contributed by atoms with Crippen LogP contribution in [0.3, 0.4) is 0 Å². The highest BCUT2D eigenvalue weighted by molar-refractivity contribution is 7.10. The summed E-state index contributed by atoms with van der Waals surface area (Å²) in [5.41, 5.74) is 6.16. The van der Waals surface area contributed by atoms with Crippen LogP contribution < -0.4 is 5.73 Å². The van der Waals surface area contributed by atoms with E-state index in [2.05, 4.69) is 50.1 Å². The van der Waals surface area contributed by atoms with Crippen LogP contribution in [0.15, 0.2) is 17.5 Å². The monoisotopic (exact) mass is 240 g/mol. The first kappa shape index (κ1) is 13.7. The van der Waals surface area contributed by atoms with E-state index in [1.54, 1.807) is 0 Å². The van der Waals surface area contributed by atoms with Crippen molar-refractivity contribution in [2.24, 2.45) is 5.73 Å². The van der Waals surface area contributed by atoms with Gasteiger partial charge in [-0.1, -0.05) is 13.0 Å². The second-order valence-corrected chi connectivity index (χ2v) is 5.63. The Morgan fingerprint density at radius 2 is 2.06 bits per heavy atom. The molecule has 16 heavy (non-hydrogen) atoms. The minimum absolute atomic E-state index is 0.174. The van der Waals surface area contributed by atoms with Crippen LogP contribution in [0.1, 0.15) is 45.0 Å². The highest BCUT2D eigenvalue weighted by Crippen LogP contribution is 2.29. The number of thiophene rings is 1. The van der Waals surface area contributed by atoms with Gasteiger partial charge in [-0.3, -0.25) is 4.90 Å². The third-order valence-corrected chi connectivity index (χ3v) is 3.78. The molecule has 3 heteroatoms. The van der Waals surface area contributed by atoms with Gasteiger partial charge < -0.3 is 5.73 Å². The predicted molar refractivity (Wildman–Crippen MR) is 72.8 cm³/mol. The predicted octanol–water partition coefficient (Wildman–Crippen LogP) is 3.26. The molecule has 0 aliphatic heterocycles. The minimum atomic E-state index is 0.174. The Hall–Kier alpha value is -0.380. The Bertz CT molecular complexity index is 280. The fourth-order valence-electron chi connectivity index (χ4n) is 2.16. The molecule has 0 saturated carbocycles. The molecule has 2 N–H and O–H groups in total. The maximum Gasteiger partial charge on any atom is 0.0592 e. The maximum atomic E-state index is 6.16. The second kappa shape index (κ2) is 6.38. The number of nitrogens with two attached hydrogens (primary N) is 1. The van der Waals surface area contributed by atoms with Crippen molar-refractivity contribution < 1.29 is 0 Å². The Labute approximate surface area is 103 Å². The van der Waals surface area contributed by atoms with Crippen molar-refractivity contribution in [3.05, 3.63) is 22.4 Å². The molecule has 1 heterocycles. The van der Waals surface area contributed by atoms with Crippen LogP contribution in [-0.2, 0) is 0 Å². The van der Waals surface area contributed by atoms with Crippen LogP contribution in [0.5, 0.6) is 0 Å². The van der Waals surface area contributed by atoms with Crippen molar-refractivity contribution in [2.45, 2.75) is 52.2 Å². The van der Waals surface area contributed by atoms with Crippen molar-refractivity contribution in [2.75, 3.05) is 6.54 Å². The molecule has 92 valence electrons. The molecule has 0 radical (unpaired) electrons. The molecular weight excluding hydrogens is 216 g/mol. The zero-order chi connectivity index (χ0) is 12.1. The Kier molecular flexibility index (Phi) is 5.46. The molecule has 0 aromatic carbocycles. The van der Waals surface area contributed by atoms with Gasteiger partial charge in [0.25, 0.3) is 0 Å². The van der Waals surface area contributed by atoms with Crippen molar-refractivity contribution in [1.82, 2.24) is 4.90 Å². The Balaban J connectivity index is 2.90. The third kappa shape index (κ3) is 3.30. The summed E-state index contributed by atoms with van der Waals surface area (Å²) in [6.07, 6.45) is 1.17. The molecule has 0 fully saturated rings. The van der Waals surface area contributed by atoms with Gasteiger partial charge in [0.2, 0.25) is 0 Å². The number of hydrogen-bond acceptors (Lipinski definition) is 3. The first-order valence-electron chi connectivity index (χ1n) is 6.12. The summed E-state index contributed by atoms with van der Waals surface area (Å²) >= 11 is 1.81. The zero-order valence-corrected chi connectivity index (χ0v) is 11.6. The van der Waals surface area contributed by atoms with Crippen LogP contribution in [0.25, 0.3) is 0 Å². The lowest BCUT2D eigenvalue weighted by molar-refractivity contribution is 0.138. The van der Waals surface area contributed by atoms with E-state index in [4.69, 9.17) is 5.73 Å². The van der Waals surface area contributed by atoms with Crippen molar-refractivity contribution >= 4 is 11.3 Å². The van der Waals surface area contributed by atoms with Crippen molar-refractivity contribution in [3.8, 4) is 0 Å². The van der Waals surface area contributed by atoms with E-state index in [9.17, 15) is 0 Å². The van der Waals surface area contributed by atoms with Gasteiger partial charge in [-0.2, -0.15) is 0 Å². The average molecular weight is 240 g/mol. The Morgan fingerprint density at radius 3 is 2.44 bits per heavy atom. The normalized spacial score (nSPS) is 15.7. The van der Waals surface area contributed by atoms with E-state index >= 15 is 0 Å². The van der Waals surface area contributed by atoms with Gasteiger partial charge in [-0.15, -0.1) is 11.3 Å². The molecule has 1 rings (SSSR count). The Morgan fingerprint density at radius 1 is 1.38 bits per heavy atom. The second-order valence-electron chi connectivity index (χ2n) is 4.65. The molecule has 0 bridgehead atoms. The fraction of sp³-hybridized carbons (Fsp3) is 0.692. The van der Waals surface area contributed by atoms with Crippen LogP contribution in [0.4, 0.5) is 0 Å². The quantitative estimate of drug-likeness (QED) is 0.827. The fourth-order valence-corrected chi connectivity index (χ4v) is 3.12. The molecule has 0 amide bonds. The summed E-state index contributed by atoms with van der Waals surface area (Å²) in [6, 6.07) is 5.38. The van der Waals surface area contributed by atoms with E-state index < -0.39 is 0 Å². The zero-order valence-electron chi connectivity index (χ0n) is 10.8. The molecule has 2 atom stereocenters. The minimum Gasteiger partial charge on any atom is -0.326 e. The van der Waals surface area contributed by atoms with Gasteiger partial charge in [-0.25, -0.2) is 0 Å². The third-order valence-electron chi connectivity index (χ3n) is 2.84. The standard InChI is InChI=1S/C13H24N2S/c1-5-8-15(10(2)3)13(11(4)14)12-7-6-9-16-12/h6-7,9-11,13H,5,8,14H2,1-4H3. The molecule has 2 nitrogen and oxygen atoms in total. The van der Waals surface area contributed by atoms with E-state index in [0.717, 1.165) is 6.54 Å². The van der Waals surface area contributed by atoms with E-state index in [1.165, 1.54) is 11.3 Å². The van der Waals surface area contributed by atoms with Crippen LogP contribution in [-0.4, -0.2) is 23.5 Å². The van der Waals surface area contributed by atoms with Gasteiger partial charge >= 0.3 is 0 Å². The molecule has 0 aliphatic carbocycles. The van der Waals surface area contributed by atoms with E-state index in [1.807, 2.05) is 11.3 Å². The molecule has 2 unspecified atom stereocenters. The van der Waals surface area contributed by atoms with Crippen molar-refractivity contribution in [1.29, 1.82) is 0 Å². The van der Waals surface area contributed by atoms with Gasteiger partial charge in [0, 0.05) is 17.0 Å². The lowest BCUT2D eigenvalue weighted by Crippen LogP contribution is -2.43. The topological polar surface area (TPSA) is 29.3 Å². The van der Waals surface area contributed by atoms with Crippen molar-refractivity contribution in [3.63, 3.8) is 0 Å². The van der Waals surface area contributed by atoms with Crippen LogP contribution in [0, 0.1) is 0 Å². The number of rotatable bonds is 6. The largest absolute Gasteiger partial charge is 0.326 e. The highest BCUT2D eigenvalue weighted by Gasteiger charge is 2.26. The number of hydrogen-bond donors (Lipinski definition) is 1. The lowest BCUT2D eigenvalue weighted by Gasteiger charge is -2.36. The van der Waals surface area contributed by atoms with Gasteiger partial charge in [0.05, 0.1) is 6.04 Å². The lowest BCUT2D eigenvalue weighted by atomic mass is 10.0. The first-order chi connectivity index (χ1) is 7.57. The molecular formula is C13H24N2S. The van der Waals surface area contributed by atoms with Crippen LogP contribution in [0.2, 0.25) is 0 Å². The molecule has 1 aromatic heterocycles. The van der Waals surface area contributed by atoms with Crippen LogP contribution >= 0.6 is 11.3 Å². The van der Waals surface area contributed by atoms with E-state index in [-0.39, 0.29) is 6.04 Å². The molecule has 0 saturated heterocycles. The molecule has 1 aromatic rings. The summed E-state index contributed by atoms with van der Waals surface area (Å²) in [5, 5.41) is 2.13. The summed E-state index contributed by atoms with van der Waals surface area (Å²) < 4.78 is 0. The molecule has 0 spiro atoms. The maximum absolute atomic E-state index is 6.16. The highest BCUT2D eigenvalue weighted by atomic mass is 32.1. The van der Waals surface area contributed by atoms with E-state index in [0.29, 0.717) is 12.1 Å². The molecule has 0 aliphatic rings.